The van der Waals surface area contributed by atoms with Crippen LogP contribution in [-0.4, -0.2) is 57.2 Å². The number of piperazine rings is 1. The first-order valence-corrected chi connectivity index (χ1v) is 10.6. The topological polar surface area (TPSA) is 83.3 Å². The van der Waals surface area contributed by atoms with Crippen molar-refractivity contribution in [2.45, 2.75) is 31.6 Å². The van der Waals surface area contributed by atoms with E-state index in [2.05, 4.69) is 70.1 Å². The molecule has 5 rings (SSSR count). The molecular formula is C20H19F3IN5O2. The van der Waals surface area contributed by atoms with Crippen molar-refractivity contribution in [3.8, 4) is 5.69 Å². The number of aromatic nitrogens is 3. The zero-order valence-corrected chi connectivity index (χ0v) is 18.6. The molecule has 0 aliphatic carbocycles. The molecule has 4 heterocycles. The minimum atomic E-state index is -5.08. The van der Waals surface area contributed by atoms with Crippen molar-refractivity contribution < 1.29 is 23.1 Å². The van der Waals surface area contributed by atoms with Gasteiger partial charge in [0.05, 0.1) is 17.4 Å². The van der Waals surface area contributed by atoms with Gasteiger partial charge in [0, 0.05) is 30.6 Å². The minimum Gasteiger partial charge on any atom is -0.475 e. The number of para-hydroxylation sites is 1. The lowest BCUT2D eigenvalue weighted by Gasteiger charge is -2.28. The summed E-state index contributed by atoms with van der Waals surface area (Å²) in [6.07, 6.45) is -1.89. The number of aliphatic carboxylic acids is 1. The summed E-state index contributed by atoms with van der Waals surface area (Å²) in [4.78, 5) is 16.1. The number of benzene rings is 1. The quantitative estimate of drug-likeness (QED) is 0.480. The van der Waals surface area contributed by atoms with Crippen LogP contribution in [0.5, 0.6) is 0 Å². The van der Waals surface area contributed by atoms with Crippen molar-refractivity contribution in [1.29, 1.82) is 0 Å². The number of rotatable bonds is 2. The van der Waals surface area contributed by atoms with Crippen molar-refractivity contribution in [3.05, 3.63) is 45.8 Å². The Morgan fingerprint density at radius 3 is 2.58 bits per heavy atom. The van der Waals surface area contributed by atoms with Crippen LogP contribution in [0.2, 0.25) is 0 Å². The van der Waals surface area contributed by atoms with Gasteiger partial charge in [-0.2, -0.15) is 18.3 Å². The second-order valence-electron chi connectivity index (χ2n) is 7.50. The summed E-state index contributed by atoms with van der Waals surface area (Å²) >= 11 is 2.30. The Morgan fingerprint density at radius 2 is 2.03 bits per heavy atom. The summed E-state index contributed by atoms with van der Waals surface area (Å²) in [7, 11) is 0. The number of carbonyl (C=O) groups is 1. The van der Waals surface area contributed by atoms with E-state index in [9.17, 15) is 13.2 Å². The van der Waals surface area contributed by atoms with Gasteiger partial charge in [-0.1, -0.05) is 18.2 Å². The van der Waals surface area contributed by atoms with Gasteiger partial charge >= 0.3 is 12.1 Å². The number of aryl methyl sites for hydroxylation is 1. The zero-order chi connectivity index (χ0) is 22.3. The van der Waals surface area contributed by atoms with Crippen molar-refractivity contribution in [3.63, 3.8) is 0 Å². The third-order valence-corrected chi connectivity index (χ3v) is 6.23. The molecule has 0 unspecified atom stereocenters. The molecular weight excluding hydrogens is 526 g/mol. The molecule has 2 aromatic heterocycles. The lowest BCUT2D eigenvalue weighted by Crippen LogP contribution is -2.43. The van der Waals surface area contributed by atoms with E-state index in [1.165, 1.54) is 22.9 Å². The number of hydrogen-bond donors (Lipinski definition) is 2. The van der Waals surface area contributed by atoms with Crippen LogP contribution in [0, 0.1) is 10.6 Å². The molecule has 31 heavy (non-hydrogen) atoms. The number of nitrogens with one attached hydrogen (secondary N) is 1. The summed E-state index contributed by atoms with van der Waals surface area (Å²) in [5, 5.41) is 16.6. The molecule has 7 nitrogen and oxygen atoms in total. The van der Waals surface area contributed by atoms with Crippen LogP contribution < -0.4 is 10.2 Å². The van der Waals surface area contributed by atoms with Gasteiger partial charge in [-0.3, -0.25) is 0 Å². The van der Waals surface area contributed by atoms with E-state index in [0.29, 0.717) is 12.1 Å². The lowest BCUT2D eigenvalue weighted by atomic mass is 10.2. The molecule has 2 aliphatic rings. The average molecular weight is 545 g/mol. The monoisotopic (exact) mass is 545 g/mol. The predicted octanol–water partition coefficient (Wildman–Crippen LogP) is 3.52. The van der Waals surface area contributed by atoms with Gasteiger partial charge in [0.1, 0.15) is 9.52 Å². The third kappa shape index (κ3) is 4.33. The number of carboxylic acids is 1. The standard InChI is InChI=1S/C18H18IN5.C2HF3O2/c1-11-3-2-4-15-17(11)24(22-18(15)19)13-5-6-16(21-8-13)23-10-12-7-14(23)9-20-12;3-2(4,5)1(6)7/h2-6,8,12,14,20H,7,9-10H2,1H3;(H,6,7)/t12-,14-;/m0./s1. The first-order valence-electron chi connectivity index (χ1n) is 9.55. The smallest absolute Gasteiger partial charge is 0.475 e. The van der Waals surface area contributed by atoms with Gasteiger partial charge in [-0.25, -0.2) is 14.5 Å². The van der Waals surface area contributed by atoms with Gasteiger partial charge in [0.15, 0.2) is 0 Å². The number of fused-ring (bicyclic) bond motifs is 3. The molecule has 2 aliphatic heterocycles. The van der Waals surface area contributed by atoms with E-state index in [0.717, 1.165) is 28.3 Å². The number of halogens is 4. The summed E-state index contributed by atoms with van der Waals surface area (Å²) in [6.45, 7) is 4.28. The maximum atomic E-state index is 10.6. The van der Waals surface area contributed by atoms with Gasteiger partial charge in [-0.15, -0.1) is 0 Å². The van der Waals surface area contributed by atoms with Crippen molar-refractivity contribution in [2.24, 2.45) is 0 Å². The van der Waals surface area contributed by atoms with Crippen molar-refractivity contribution in [2.75, 3.05) is 18.0 Å². The molecule has 2 bridgehead atoms. The van der Waals surface area contributed by atoms with Crippen LogP contribution in [0.15, 0.2) is 36.5 Å². The number of carboxylic acid groups (broad SMARTS) is 1. The predicted molar refractivity (Wildman–Crippen MR) is 118 cm³/mol. The molecule has 0 saturated carbocycles. The highest BCUT2D eigenvalue weighted by Crippen LogP contribution is 2.30. The SMILES string of the molecule is Cc1cccc2c(I)nn(-c3ccc(N4C[C@@H]5C[C@H]4CN5)nc3)c12.O=C(O)C(F)(F)F. The normalized spacial score (nSPS) is 20.1. The number of alkyl halides is 3. The fourth-order valence-corrected chi connectivity index (χ4v) is 4.65. The van der Waals surface area contributed by atoms with E-state index >= 15 is 0 Å². The Morgan fingerprint density at radius 1 is 1.29 bits per heavy atom. The Labute approximate surface area is 189 Å². The van der Waals surface area contributed by atoms with E-state index in [1.807, 2.05) is 10.9 Å². The second-order valence-corrected chi connectivity index (χ2v) is 8.52. The van der Waals surface area contributed by atoms with Crippen molar-refractivity contribution in [1.82, 2.24) is 20.1 Å². The molecule has 0 radical (unpaired) electrons. The van der Waals surface area contributed by atoms with Crippen LogP contribution in [0.3, 0.4) is 0 Å². The maximum Gasteiger partial charge on any atom is 0.490 e. The summed E-state index contributed by atoms with van der Waals surface area (Å²) in [6, 6.07) is 11.8. The zero-order valence-electron chi connectivity index (χ0n) is 16.4. The highest BCUT2D eigenvalue weighted by Gasteiger charge is 2.38. The second kappa shape index (κ2) is 8.26. The Balaban J connectivity index is 0.000000289. The molecule has 3 aromatic rings. The molecule has 0 spiro atoms. The van der Waals surface area contributed by atoms with E-state index < -0.39 is 12.1 Å². The van der Waals surface area contributed by atoms with Crippen LogP contribution in [0.4, 0.5) is 19.0 Å². The highest BCUT2D eigenvalue weighted by molar-refractivity contribution is 14.1. The molecule has 2 atom stereocenters. The fourth-order valence-electron chi connectivity index (χ4n) is 4.00. The van der Waals surface area contributed by atoms with Gasteiger partial charge < -0.3 is 15.3 Å². The molecule has 0 amide bonds. The first-order chi connectivity index (χ1) is 14.6. The fraction of sp³-hybridized carbons (Fsp3) is 0.350. The number of hydrogen-bond acceptors (Lipinski definition) is 5. The van der Waals surface area contributed by atoms with Crippen LogP contribution in [0.1, 0.15) is 12.0 Å². The number of pyridine rings is 1. The highest BCUT2D eigenvalue weighted by atomic mass is 127. The lowest BCUT2D eigenvalue weighted by molar-refractivity contribution is -0.192. The first kappa shape index (κ1) is 21.8. The van der Waals surface area contributed by atoms with E-state index in [1.54, 1.807) is 0 Å². The summed E-state index contributed by atoms with van der Waals surface area (Å²) in [5.74, 6) is -1.68. The Kier molecular flexibility index (Phi) is 5.81. The number of nitrogens with zero attached hydrogens (tertiary/aromatic N) is 4. The molecule has 2 N–H and O–H groups in total. The van der Waals surface area contributed by atoms with Crippen molar-refractivity contribution >= 4 is 45.3 Å². The minimum absolute atomic E-state index is 0.599. The average Bonchev–Trinajstić information content (AvgIpc) is 3.43. The molecule has 2 fully saturated rings. The molecule has 164 valence electrons. The van der Waals surface area contributed by atoms with Crippen LogP contribution in [0.25, 0.3) is 16.6 Å². The van der Waals surface area contributed by atoms with Crippen LogP contribution in [-0.2, 0) is 4.79 Å². The van der Waals surface area contributed by atoms with Gasteiger partial charge in [0.2, 0.25) is 0 Å². The van der Waals surface area contributed by atoms with Gasteiger partial charge in [0.25, 0.3) is 0 Å². The van der Waals surface area contributed by atoms with Crippen LogP contribution >= 0.6 is 22.6 Å². The molecule has 11 heteroatoms. The van der Waals surface area contributed by atoms with Gasteiger partial charge in [-0.05, 0) is 53.6 Å². The summed E-state index contributed by atoms with van der Waals surface area (Å²) < 4.78 is 34.8. The third-order valence-electron chi connectivity index (χ3n) is 5.43. The number of anilines is 1. The molecule has 2 saturated heterocycles. The van der Waals surface area contributed by atoms with E-state index in [4.69, 9.17) is 20.0 Å². The Bertz CT molecular complexity index is 1120. The van der Waals surface area contributed by atoms with E-state index in [-0.39, 0.29) is 0 Å². The Hall–Kier alpha value is -2.41. The summed E-state index contributed by atoms with van der Waals surface area (Å²) in [5.41, 5.74) is 3.42. The molecule has 1 aromatic carbocycles. The maximum absolute atomic E-state index is 10.6. The largest absolute Gasteiger partial charge is 0.490 e.